The Labute approximate surface area is 151 Å². The molecule has 1 N–H and O–H groups in total. The van der Waals surface area contributed by atoms with E-state index in [2.05, 4.69) is 10.1 Å². The van der Waals surface area contributed by atoms with E-state index in [1.54, 1.807) is 4.90 Å². The molecule has 2 aromatic rings. The van der Waals surface area contributed by atoms with Crippen molar-refractivity contribution < 1.29 is 31.1 Å². The summed E-state index contributed by atoms with van der Waals surface area (Å²) in [6.07, 6.45) is -4.85. The summed E-state index contributed by atoms with van der Waals surface area (Å²) in [5.41, 5.74) is -0.142. The Balaban J connectivity index is 2.02. The third kappa shape index (κ3) is 4.54. The molecule has 1 aliphatic heterocycles. The van der Waals surface area contributed by atoms with Gasteiger partial charge in [-0.1, -0.05) is 12.1 Å². The van der Waals surface area contributed by atoms with Crippen molar-refractivity contribution >= 4 is 0 Å². The first-order valence-electron chi connectivity index (χ1n) is 8.20. The zero-order valence-electron chi connectivity index (χ0n) is 14.0. The molecule has 27 heavy (non-hydrogen) atoms. The average Bonchev–Trinajstić information content (AvgIpc) is 2.62. The van der Waals surface area contributed by atoms with Gasteiger partial charge in [0.05, 0.1) is 6.04 Å². The predicted molar refractivity (Wildman–Crippen MR) is 85.7 cm³/mol. The maximum atomic E-state index is 14.4. The minimum Gasteiger partial charge on any atom is -0.406 e. The molecule has 1 heterocycles. The van der Waals surface area contributed by atoms with Crippen LogP contribution >= 0.6 is 0 Å². The topological polar surface area (TPSA) is 24.5 Å². The second-order valence-corrected chi connectivity index (χ2v) is 6.06. The van der Waals surface area contributed by atoms with E-state index in [4.69, 9.17) is 0 Å². The van der Waals surface area contributed by atoms with Crippen LogP contribution in [0.2, 0.25) is 0 Å². The van der Waals surface area contributed by atoms with Crippen molar-refractivity contribution in [2.24, 2.45) is 0 Å². The summed E-state index contributed by atoms with van der Waals surface area (Å²) < 4.78 is 83.4. The third-order valence-corrected chi connectivity index (χ3v) is 4.30. The van der Waals surface area contributed by atoms with Crippen LogP contribution in [-0.2, 0) is 0 Å². The summed E-state index contributed by atoms with van der Waals surface area (Å²) in [4.78, 5) is 1.75. The van der Waals surface area contributed by atoms with Crippen molar-refractivity contribution in [2.75, 3.05) is 26.2 Å². The summed E-state index contributed by atoms with van der Waals surface area (Å²) >= 11 is 0. The van der Waals surface area contributed by atoms with Crippen LogP contribution in [0.4, 0.5) is 26.3 Å². The highest BCUT2D eigenvalue weighted by molar-refractivity contribution is 5.37. The Morgan fingerprint density at radius 1 is 0.889 bits per heavy atom. The van der Waals surface area contributed by atoms with E-state index in [1.165, 1.54) is 12.1 Å². The van der Waals surface area contributed by atoms with Gasteiger partial charge in [-0.2, -0.15) is 0 Å². The first-order chi connectivity index (χ1) is 12.8. The Bertz CT molecular complexity index is 788. The first kappa shape index (κ1) is 19.5. The van der Waals surface area contributed by atoms with Crippen LogP contribution in [0.25, 0.3) is 0 Å². The number of rotatable bonds is 4. The van der Waals surface area contributed by atoms with E-state index in [0.29, 0.717) is 37.8 Å². The van der Waals surface area contributed by atoms with E-state index in [1.807, 2.05) is 0 Å². The quantitative estimate of drug-likeness (QED) is 0.631. The number of nitrogens with zero attached hydrogens (tertiary/aromatic N) is 1. The van der Waals surface area contributed by atoms with Gasteiger partial charge in [0.25, 0.3) is 0 Å². The SMILES string of the molecule is Fc1ccc(F)c([C@@H](c2ccc(OC(F)(F)F)cc2)N2CCNCC2)c1F. The lowest BCUT2D eigenvalue weighted by Gasteiger charge is -2.35. The highest BCUT2D eigenvalue weighted by Gasteiger charge is 2.32. The van der Waals surface area contributed by atoms with Gasteiger partial charge < -0.3 is 10.1 Å². The monoisotopic (exact) mass is 390 g/mol. The van der Waals surface area contributed by atoms with Gasteiger partial charge >= 0.3 is 6.36 Å². The zero-order valence-corrected chi connectivity index (χ0v) is 14.0. The number of alkyl halides is 3. The molecule has 146 valence electrons. The van der Waals surface area contributed by atoms with Gasteiger partial charge in [-0.05, 0) is 29.8 Å². The number of benzene rings is 2. The summed E-state index contributed by atoms with van der Waals surface area (Å²) in [7, 11) is 0. The van der Waals surface area contributed by atoms with Crippen LogP contribution in [0.1, 0.15) is 17.2 Å². The first-order valence-corrected chi connectivity index (χ1v) is 8.20. The largest absolute Gasteiger partial charge is 0.573 e. The molecule has 1 fully saturated rings. The minimum absolute atomic E-state index is 0.329. The van der Waals surface area contributed by atoms with Crippen molar-refractivity contribution in [3.63, 3.8) is 0 Å². The van der Waals surface area contributed by atoms with Gasteiger partial charge in [0, 0.05) is 31.7 Å². The highest BCUT2D eigenvalue weighted by atomic mass is 19.4. The summed E-state index contributed by atoms with van der Waals surface area (Å²) in [6.45, 7) is 1.98. The number of nitrogens with one attached hydrogen (secondary N) is 1. The lowest BCUT2D eigenvalue weighted by atomic mass is 9.95. The van der Waals surface area contributed by atoms with Gasteiger partial charge in [-0.15, -0.1) is 13.2 Å². The number of halogens is 6. The molecule has 0 radical (unpaired) electrons. The fourth-order valence-corrected chi connectivity index (χ4v) is 3.15. The van der Waals surface area contributed by atoms with Crippen LogP contribution in [-0.4, -0.2) is 37.4 Å². The van der Waals surface area contributed by atoms with Crippen LogP contribution in [0.3, 0.4) is 0 Å². The Morgan fingerprint density at radius 3 is 2.07 bits per heavy atom. The number of ether oxygens (including phenoxy) is 1. The van der Waals surface area contributed by atoms with Gasteiger partial charge in [0.2, 0.25) is 0 Å². The molecule has 0 aromatic heterocycles. The second kappa shape index (κ2) is 7.77. The Kier molecular flexibility index (Phi) is 5.61. The number of hydrogen-bond acceptors (Lipinski definition) is 3. The molecule has 0 bridgehead atoms. The van der Waals surface area contributed by atoms with Gasteiger partial charge in [-0.3, -0.25) is 4.90 Å². The number of hydrogen-bond donors (Lipinski definition) is 1. The fourth-order valence-electron chi connectivity index (χ4n) is 3.15. The molecule has 1 atom stereocenters. The molecule has 0 aliphatic carbocycles. The van der Waals surface area contributed by atoms with E-state index >= 15 is 0 Å². The lowest BCUT2D eigenvalue weighted by molar-refractivity contribution is -0.274. The molecule has 0 spiro atoms. The molecule has 9 heteroatoms. The molecule has 2 aromatic carbocycles. The minimum atomic E-state index is -4.85. The summed E-state index contributed by atoms with van der Waals surface area (Å²) in [5, 5.41) is 3.10. The van der Waals surface area contributed by atoms with Crippen LogP contribution < -0.4 is 10.1 Å². The normalized spacial score (nSPS) is 17.0. The maximum absolute atomic E-state index is 14.4. The smallest absolute Gasteiger partial charge is 0.406 e. The lowest BCUT2D eigenvalue weighted by Crippen LogP contribution is -2.45. The summed E-state index contributed by atoms with van der Waals surface area (Å²) in [5.74, 6) is -3.88. The van der Waals surface area contributed by atoms with Gasteiger partial charge in [0.1, 0.15) is 11.6 Å². The van der Waals surface area contributed by atoms with E-state index in [0.717, 1.165) is 18.2 Å². The van der Waals surface area contributed by atoms with Crippen LogP contribution in [0, 0.1) is 17.5 Å². The third-order valence-electron chi connectivity index (χ3n) is 4.30. The average molecular weight is 390 g/mol. The molecule has 3 rings (SSSR count). The second-order valence-electron chi connectivity index (χ2n) is 6.06. The zero-order chi connectivity index (χ0) is 19.6. The number of piperazine rings is 1. The predicted octanol–water partition coefficient (Wildman–Crippen LogP) is 4.00. The summed E-state index contributed by atoms with van der Waals surface area (Å²) in [6, 6.07) is 5.26. The van der Waals surface area contributed by atoms with E-state index < -0.39 is 41.2 Å². The van der Waals surface area contributed by atoms with Crippen LogP contribution in [0.15, 0.2) is 36.4 Å². The van der Waals surface area contributed by atoms with Crippen LogP contribution in [0.5, 0.6) is 5.75 Å². The molecule has 0 unspecified atom stereocenters. The molecule has 1 saturated heterocycles. The molecule has 0 saturated carbocycles. The maximum Gasteiger partial charge on any atom is 0.573 e. The highest BCUT2D eigenvalue weighted by Crippen LogP contribution is 2.35. The molecular weight excluding hydrogens is 374 g/mol. The molecule has 0 amide bonds. The molecular formula is C18H16F6N2O. The van der Waals surface area contributed by atoms with Crippen molar-refractivity contribution in [1.29, 1.82) is 0 Å². The van der Waals surface area contributed by atoms with Crippen molar-refractivity contribution in [1.82, 2.24) is 10.2 Å². The fraction of sp³-hybridized carbons (Fsp3) is 0.333. The molecule has 3 nitrogen and oxygen atoms in total. The van der Waals surface area contributed by atoms with E-state index in [9.17, 15) is 26.3 Å². The molecule has 1 aliphatic rings. The standard InChI is InChI=1S/C18H16F6N2O/c19-13-5-6-14(20)16(21)15(13)17(26-9-7-25-8-10-26)11-1-3-12(4-2-11)27-18(22,23)24/h1-6,17,25H,7-10H2/t17-/m1/s1. The van der Waals surface area contributed by atoms with Crippen molar-refractivity contribution in [3.05, 3.63) is 65.0 Å². The Hall–Kier alpha value is -2.26. The van der Waals surface area contributed by atoms with Gasteiger partial charge in [0.15, 0.2) is 11.6 Å². The van der Waals surface area contributed by atoms with E-state index in [-0.39, 0.29) is 0 Å². The Morgan fingerprint density at radius 2 is 1.48 bits per heavy atom. The van der Waals surface area contributed by atoms with Gasteiger partial charge in [-0.25, -0.2) is 13.2 Å². The van der Waals surface area contributed by atoms with Crippen molar-refractivity contribution in [2.45, 2.75) is 12.4 Å². The van der Waals surface area contributed by atoms with Crippen molar-refractivity contribution in [3.8, 4) is 5.75 Å².